The highest BCUT2D eigenvalue weighted by Crippen LogP contribution is 2.41. The number of aliphatic hydroxyl groups is 2. The molecule has 1 heterocycles. The van der Waals surface area contributed by atoms with Crippen LogP contribution in [0.3, 0.4) is 0 Å². The van der Waals surface area contributed by atoms with Gasteiger partial charge in [-0.2, -0.15) is 0 Å². The van der Waals surface area contributed by atoms with Crippen LogP contribution in [-0.4, -0.2) is 69.3 Å². The summed E-state index contributed by atoms with van der Waals surface area (Å²) in [5.74, 6) is -0.435. The molecule has 0 aromatic heterocycles. The standard InChI is InChI=1S/C11H22NO8P/c1-6(13)12-7-8(14)9(15)11(2,20-10(7)19-3)4-5-21(16,17)18/h7-10,14-15H,4-5H2,1-3H3,(H,12,13)(H2,16,17,18)/t7-,8-,9+,10+,11-/m1/s1. The molecule has 5 N–H and O–H groups in total. The number of aliphatic hydroxyl groups excluding tert-OH is 2. The van der Waals surface area contributed by atoms with Crippen molar-refractivity contribution in [1.29, 1.82) is 0 Å². The van der Waals surface area contributed by atoms with Crippen LogP contribution >= 0.6 is 7.60 Å². The molecule has 0 radical (unpaired) electrons. The van der Waals surface area contributed by atoms with Crippen LogP contribution in [0.15, 0.2) is 0 Å². The summed E-state index contributed by atoms with van der Waals surface area (Å²) in [6, 6.07) is -0.981. The Morgan fingerprint density at radius 1 is 1.43 bits per heavy atom. The van der Waals surface area contributed by atoms with Crippen molar-refractivity contribution in [3.8, 4) is 0 Å². The first kappa shape index (κ1) is 18.5. The van der Waals surface area contributed by atoms with Gasteiger partial charge in [0.2, 0.25) is 5.91 Å². The van der Waals surface area contributed by atoms with E-state index < -0.39 is 49.8 Å². The Bertz CT molecular complexity index is 424. The molecule has 0 aromatic rings. The molecule has 0 aliphatic carbocycles. The van der Waals surface area contributed by atoms with E-state index in [9.17, 15) is 19.6 Å². The Hall–Kier alpha value is -0.540. The summed E-state index contributed by atoms with van der Waals surface area (Å²) in [5.41, 5.74) is -1.41. The molecule has 1 fully saturated rings. The molecule has 124 valence electrons. The van der Waals surface area contributed by atoms with Crippen molar-refractivity contribution in [3.63, 3.8) is 0 Å². The molecule has 1 amide bonds. The highest BCUT2D eigenvalue weighted by molar-refractivity contribution is 7.51. The topological polar surface area (TPSA) is 146 Å². The Balaban J connectivity index is 2.91. The number of amides is 1. The van der Waals surface area contributed by atoms with Crippen LogP contribution in [0.25, 0.3) is 0 Å². The number of hydrogen-bond acceptors (Lipinski definition) is 6. The summed E-state index contributed by atoms with van der Waals surface area (Å²) in [4.78, 5) is 29.0. The van der Waals surface area contributed by atoms with Gasteiger partial charge in [0.05, 0.1) is 11.8 Å². The molecule has 5 atom stereocenters. The van der Waals surface area contributed by atoms with Crippen LogP contribution in [0.2, 0.25) is 0 Å². The molecule has 1 rings (SSSR count). The fourth-order valence-electron chi connectivity index (χ4n) is 2.28. The largest absolute Gasteiger partial charge is 0.388 e. The lowest BCUT2D eigenvalue weighted by molar-refractivity contribution is -0.294. The van der Waals surface area contributed by atoms with Gasteiger partial charge >= 0.3 is 7.60 Å². The monoisotopic (exact) mass is 327 g/mol. The first-order valence-electron chi connectivity index (χ1n) is 6.38. The fourth-order valence-corrected chi connectivity index (χ4v) is 3.02. The van der Waals surface area contributed by atoms with E-state index in [2.05, 4.69) is 5.32 Å². The number of ether oxygens (including phenoxy) is 2. The summed E-state index contributed by atoms with van der Waals surface area (Å²) in [6.07, 6.45) is -4.56. The van der Waals surface area contributed by atoms with E-state index in [-0.39, 0.29) is 6.42 Å². The van der Waals surface area contributed by atoms with Crippen molar-refractivity contribution in [2.75, 3.05) is 13.3 Å². The lowest BCUT2D eigenvalue weighted by atomic mass is 9.85. The number of carbonyl (C=O) groups excluding carboxylic acids is 1. The highest BCUT2D eigenvalue weighted by atomic mass is 31.2. The smallest absolute Gasteiger partial charge is 0.325 e. The average Bonchev–Trinajstić information content (AvgIpc) is 2.36. The number of hydrogen-bond donors (Lipinski definition) is 5. The van der Waals surface area contributed by atoms with Gasteiger partial charge in [0.1, 0.15) is 18.2 Å². The lowest BCUT2D eigenvalue weighted by Gasteiger charge is -2.48. The molecular formula is C11H22NO8P. The first-order valence-corrected chi connectivity index (χ1v) is 8.18. The minimum Gasteiger partial charge on any atom is -0.388 e. The van der Waals surface area contributed by atoms with Crippen LogP contribution in [0.4, 0.5) is 0 Å². The van der Waals surface area contributed by atoms with Gasteiger partial charge in [-0.05, 0) is 13.3 Å². The van der Waals surface area contributed by atoms with Gasteiger partial charge in [0, 0.05) is 14.0 Å². The van der Waals surface area contributed by atoms with Crippen molar-refractivity contribution in [2.45, 2.75) is 50.4 Å². The summed E-state index contributed by atoms with van der Waals surface area (Å²) < 4.78 is 21.5. The van der Waals surface area contributed by atoms with Crippen molar-refractivity contribution >= 4 is 13.5 Å². The summed E-state index contributed by atoms with van der Waals surface area (Å²) in [6.45, 7) is 2.67. The zero-order valence-corrected chi connectivity index (χ0v) is 13.0. The molecule has 0 aromatic carbocycles. The minimum atomic E-state index is -4.27. The first-order chi connectivity index (χ1) is 9.50. The molecule has 0 bridgehead atoms. The van der Waals surface area contributed by atoms with Crippen LogP contribution < -0.4 is 5.32 Å². The molecule has 0 saturated carbocycles. The third-order valence-electron chi connectivity index (χ3n) is 3.50. The van der Waals surface area contributed by atoms with Gasteiger partial charge in [-0.1, -0.05) is 0 Å². The van der Waals surface area contributed by atoms with E-state index in [4.69, 9.17) is 19.3 Å². The van der Waals surface area contributed by atoms with Crippen LogP contribution in [0.1, 0.15) is 20.3 Å². The molecule has 21 heavy (non-hydrogen) atoms. The molecule has 1 aliphatic heterocycles. The predicted octanol–water partition coefficient (Wildman–Crippen LogP) is -1.46. The molecular weight excluding hydrogens is 305 g/mol. The summed E-state index contributed by atoms with van der Waals surface area (Å²) >= 11 is 0. The average molecular weight is 327 g/mol. The second kappa shape index (κ2) is 6.70. The van der Waals surface area contributed by atoms with E-state index in [1.807, 2.05) is 0 Å². The maximum atomic E-state index is 11.1. The highest BCUT2D eigenvalue weighted by Gasteiger charge is 2.52. The lowest BCUT2D eigenvalue weighted by Crippen LogP contribution is -2.67. The Morgan fingerprint density at radius 2 is 2.00 bits per heavy atom. The van der Waals surface area contributed by atoms with Crippen molar-refractivity contribution in [3.05, 3.63) is 0 Å². The van der Waals surface area contributed by atoms with Crippen molar-refractivity contribution in [1.82, 2.24) is 5.32 Å². The van der Waals surface area contributed by atoms with E-state index in [0.717, 1.165) is 0 Å². The second-order valence-corrected chi connectivity index (χ2v) is 7.11. The van der Waals surface area contributed by atoms with Crippen molar-refractivity contribution in [2.24, 2.45) is 0 Å². The minimum absolute atomic E-state index is 0.178. The van der Waals surface area contributed by atoms with Gasteiger partial charge in [-0.3, -0.25) is 9.36 Å². The van der Waals surface area contributed by atoms with E-state index >= 15 is 0 Å². The Kier molecular flexibility index (Phi) is 5.91. The third-order valence-corrected chi connectivity index (χ3v) is 4.30. The van der Waals surface area contributed by atoms with Crippen molar-refractivity contribution < 1.29 is 38.8 Å². The molecule has 1 aliphatic rings. The second-order valence-electron chi connectivity index (χ2n) is 5.33. The van der Waals surface area contributed by atoms with E-state index in [0.29, 0.717) is 0 Å². The van der Waals surface area contributed by atoms with Gasteiger partial charge in [-0.25, -0.2) is 0 Å². The maximum Gasteiger partial charge on any atom is 0.325 e. The summed E-state index contributed by atoms with van der Waals surface area (Å²) in [7, 11) is -2.97. The van der Waals surface area contributed by atoms with Gasteiger partial charge in [0.25, 0.3) is 0 Å². The van der Waals surface area contributed by atoms with Gasteiger partial charge in [0.15, 0.2) is 6.29 Å². The van der Waals surface area contributed by atoms with Crippen LogP contribution in [0.5, 0.6) is 0 Å². The number of rotatable bonds is 5. The molecule has 9 nitrogen and oxygen atoms in total. The van der Waals surface area contributed by atoms with Gasteiger partial charge in [-0.15, -0.1) is 0 Å². The van der Waals surface area contributed by atoms with Gasteiger partial charge < -0.3 is 34.8 Å². The van der Waals surface area contributed by atoms with E-state index in [1.165, 1.54) is 21.0 Å². The SMILES string of the molecule is CO[C@H]1O[C@](C)(CCP(=O)(O)O)[C@@H](O)[C@H](O)[C@H]1NC(C)=O. The number of methoxy groups -OCH3 is 1. The molecule has 10 heteroatoms. The fraction of sp³-hybridized carbons (Fsp3) is 0.909. The molecule has 0 spiro atoms. The summed E-state index contributed by atoms with van der Waals surface area (Å²) in [5, 5.41) is 22.7. The number of nitrogens with one attached hydrogen (secondary N) is 1. The van der Waals surface area contributed by atoms with Crippen LogP contribution in [-0.2, 0) is 18.8 Å². The predicted molar refractivity (Wildman–Crippen MR) is 71.4 cm³/mol. The molecule has 0 unspecified atom stereocenters. The normalized spacial score (nSPS) is 37.3. The zero-order valence-electron chi connectivity index (χ0n) is 12.1. The van der Waals surface area contributed by atoms with E-state index in [1.54, 1.807) is 0 Å². The Labute approximate surface area is 122 Å². The third kappa shape index (κ3) is 4.72. The molecule has 1 saturated heterocycles. The number of carbonyl (C=O) groups is 1. The van der Waals surface area contributed by atoms with Crippen LogP contribution in [0, 0.1) is 0 Å². The zero-order chi connectivity index (χ0) is 16.4. The maximum absolute atomic E-state index is 11.1. The Morgan fingerprint density at radius 3 is 2.43 bits per heavy atom. The quantitative estimate of drug-likeness (QED) is 0.385.